The van der Waals surface area contributed by atoms with Gasteiger partial charge in [-0.1, -0.05) is 30.3 Å². The first-order chi connectivity index (χ1) is 13.7. The summed E-state index contributed by atoms with van der Waals surface area (Å²) in [6, 6.07) is 20.8. The van der Waals surface area contributed by atoms with Gasteiger partial charge < -0.3 is 15.5 Å². The lowest BCUT2D eigenvalue weighted by molar-refractivity contribution is 0.866. The minimum atomic E-state index is 0.651. The lowest BCUT2D eigenvalue weighted by Gasteiger charge is -2.21. The van der Waals surface area contributed by atoms with Crippen LogP contribution in [0, 0.1) is 6.92 Å². The lowest BCUT2D eigenvalue weighted by atomic mass is 10.1. The van der Waals surface area contributed by atoms with Crippen LogP contribution in [0.3, 0.4) is 0 Å². The van der Waals surface area contributed by atoms with Gasteiger partial charge in [0.25, 0.3) is 0 Å². The predicted molar refractivity (Wildman–Crippen MR) is 119 cm³/mol. The molecule has 146 valence electrons. The standard InChI is InChI=1S/C23H29N5/c1-4-28(5-2)21-13-11-20(12-14-21)26-22-17-18(3)25-23(27-22)24-16-15-19-9-7-6-8-10-19/h6-14,17H,4-5,15-16H2,1-3H3,(H2,24,25,26,27). The molecule has 5 heteroatoms. The van der Waals surface area contributed by atoms with E-state index in [9.17, 15) is 0 Å². The smallest absolute Gasteiger partial charge is 0.224 e. The summed E-state index contributed by atoms with van der Waals surface area (Å²) in [6.45, 7) is 9.14. The molecule has 2 N–H and O–H groups in total. The summed E-state index contributed by atoms with van der Waals surface area (Å²) in [4.78, 5) is 11.4. The molecule has 3 rings (SSSR count). The third-order valence-electron chi connectivity index (χ3n) is 4.66. The third-order valence-corrected chi connectivity index (χ3v) is 4.66. The van der Waals surface area contributed by atoms with E-state index in [1.165, 1.54) is 11.3 Å². The van der Waals surface area contributed by atoms with Crippen LogP contribution >= 0.6 is 0 Å². The molecule has 0 saturated heterocycles. The van der Waals surface area contributed by atoms with E-state index in [0.717, 1.165) is 43.3 Å². The summed E-state index contributed by atoms with van der Waals surface area (Å²) in [5, 5.41) is 6.72. The van der Waals surface area contributed by atoms with Crippen LogP contribution in [0.4, 0.5) is 23.1 Å². The second-order valence-corrected chi connectivity index (χ2v) is 6.72. The fourth-order valence-corrected chi connectivity index (χ4v) is 3.17. The largest absolute Gasteiger partial charge is 0.372 e. The molecule has 0 aliphatic heterocycles. The Kier molecular flexibility index (Phi) is 6.84. The van der Waals surface area contributed by atoms with Crippen LogP contribution in [0.15, 0.2) is 60.7 Å². The topological polar surface area (TPSA) is 53.1 Å². The maximum absolute atomic E-state index is 4.61. The van der Waals surface area contributed by atoms with Crippen molar-refractivity contribution in [2.45, 2.75) is 27.2 Å². The van der Waals surface area contributed by atoms with Crippen molar-refractivity contribution < 1.29 is 0 Å². The molecule has 0 saturated carbocycles. The molecule has 0 spiro atoms. The van der Waals surface area contributed by atoms with E-state index >= 15 is 0 Å². The summed E-state index contributed by atoms with van der Waals surface area (Å²) < 4.78 is 0. The van der Waals surface area contributed by atoms with E-state index < -0.39 is 0 Å². The van der Waals surface area contributed by atoms with Crippen molar-refractivity contribution in [3.63, 3.8) is 0 Å². The Morgan fingerprint density at radius 1 is 0.893 bits per heavy atom. The molecule has 0 unspecified atom stereocenters. The molecule has 0 aliphatic rings. The summed E-state index contributed by atoms with van der Waals surface area (Å²) >= 11 is 0. The molecule has 0 aliphatic carbocycles. The van der Waals surface area contributed by atoms with E-state index in [0.29, 0.717) is 5.95 Å². The Balaban J connectivity index is 1.62. The molecule has 3 aromatic rings. The van der Waals surface area contributed by atoms with Crippen LogP contribution in [0.2, 0.25) is 0 Å². The fourth-order valence-electron chi connectivity index (χ4n) is 3.17. The van der Waals surface area contributed by atoms with Gasteiger partial charge in [-0.3, -0.25) is 0 Å². The molecular formula is C23H29N5. The van der Waals surface area contributed by atoms with E-state index in [1.807, 2.05) is 19.1 Å². The minimum absolute atomic E-state index is 0.651. The highest BCUT2D eigenvalue weighted by molar-refractivity contribution is 5.61. The molecular weight excluding hydrogens is 346 g/mol. The highest BCUT2D eigenvalue weighted by Gasteiger charge is 2.05. The summed E-state index contributed by atoms with van der Waals surface area (Å²) in [5.41, 5.74) is 4.48. The second kappa shape index (κ2) is 9.74. The highest BCUT2D eigenvalue weighted by atomic mass is 15.1. The van der Waals surface area contributed by atoms with Crippen molar-refractivity contribution in [1.82, 2.24) is 9.97 Å². The monoisotopic (exact) mass is 375 g/mol. The van der Waals surface area contributed by atoms with Crippen molar-refractivity contribution in [3.05, 3.63) is 71.9 Å². The van der Waals surface area contributed by atoms with Crippen LogP contribution in [0.25, 0.3) is 0 Å². The van der Waals surface area contributed by atoms with Crippen molar-refractivity contribution in [1.29, 1.82) is 0 Å². The maximum Gasteiger partial charge on any atom is 0.224 e. The SMILES string of the molecule is CCN(CC)c1ccc(Nc2cc(C)nc(NCCc3ccccc3)n2)cc1. The first-order valence-electron chi connectivity index (χ1n) is 9.93. The first kappa shape index (κ1) is 19.7. The second-order valence-electron chi connectivity index (χ2n) is 6.72. The van der Waals surface area contributed by atoms with Gasteiger partial charge in [-0.15, -0.1) is 0 Å². The number of hydrogen-bond acceptors (Lipinski definition) is 5. The number of aryl methyl sites for hydroxylation is 1. The van der Waals surface area contributed by atoms with E-state index in [4.69, 9.17) is 0 Å². The Morgan fingerprint density at radius 3 is 2.29 bits per heavy atom. The first-order valence-corrected chi connectivity index (χ1v) is 9.93. The van der Waals surface area contributed by atoms with E-state index in [-0.39, 0.29) is 0 Å². The van der Waals surface area contributed by atoms with Crippen molar-refractivity contribution in [3.8, 4) is 0 Å². The number of benzene rings is 2. The van der Waals surface area contributed by atoms with Gasteiger partial charge >= 0.3 is 0 Å². The zero-order valence-electron chi connectivity index (χ0n) is 16.9. The van der Waals surface area contributed by atoms with Crippen LogP contribution in [0.5, 0.6) is 0 Å². The molecule has 5 nitrogen and oxygen atoms in total. The Hall–Kier alpha value is -3.08. The number of anilines is 4. The Bertz CT molecular complexity index is 858. The molecule has 0 fully saturated rings. The minimum Gasteiger partial charge on any atom is -0.372 e. The fraction of sp³-hybridized carbons (Fsp3) is 0.304. The van der Waals surface area contributed by atoms with Gasteiger partial charge in [0.1, 0.15) is 5.82 Å². The molecule has 0 atom stereocenters. The van der Waals surface area contributed by atoms with E-state index in [1.54, 1.807) is 0 Å². The number of aromatic nitrogens is 2. The normalized spacial score (nSPS) is 10.5. The average Bonchev–Trinajstić information content (AvgIpc) is 2.71. The Morgan fingerprint density at radius 2 is 1.61 bits per heavy atom. The van der Waals surface area contributed by atoms with Gasteiger partial charge in [0.15, 0.2) is 0 Å². The quantitative estimate of drug-likeness (QED) is 0.549. The van der Waals surface area contributed by atoms with Crippen molar-refractivity contribution in [2.24, 2.45) is 0 Å². The number of nitrogens with one attached hydrogen (secondary N) is 2. The molecule has 0 amide bonds. The third kappa shape index (κ3) is 5.46. The van der Waals surface area contributed by atoms with Crippen LogP contribution in [0.1, 0.15) is 25.1 Å². The van der Waals surface area contributed by atoms with Gasteiger partial charge in [-0.2, -0.15) is 4.98 Å². The highest BCUT2D eigenvalue weighted by Crippen LogP contribution is 2.21. The molecule has 28 heavy (non-hydrogen) atoms. The van der Waals surface area contributed by atoms with Gasteiger partial charge in [0.2, 0.25) is 5.95 Å². The number of rotatable bonds is 9. The molecule has 2 aromatic carbocycles. The molecule has 1 aromatic heterocycles. The van der Waals surface area contributed by atoms with Crippen molar-refractivity contribution in [2.75, 3.05) is 35.2 Å². The molecule has 1 heterocycles. The van der Waals surface area contributed by atoms with Crippen LogP contribution < -0.4 is 15.5 Å². The van der Waals surface area contributed by atoms with Crippen LogP contribution in [-0.2, 0) is 6.42 Å². The number of hydrogen-bond donors (Lipinski definition) is 2. The van der Waals surface area contributed by atoms with Crippen LogP contribution in [-0.4, -0.2) is 29.6 Å². The Labute approximate surface area is 167 Å². The van der Waals surface area contributed by atoms with Crippen molar-refractivity contribution >= 4 is 23.1 Å². The van der Waals surface area contributed by atoms with Gasteiger partial charge in [-0.25, -0.2) is 4.98 Å². The summed E-state index contributed by atoms with van der Waals surface area (Å²) in [7, 11) is 0. The molecule has 0 bridgehead atoms. The summed E-state index contributed by atoms with van der Waals surface area (Å²) in [5.74, 6) is 1.45. The van der Waals surface area contributed by atoms with Gasteiger partial charge in [-0.05, 0) is 57.0 Å². The predicted octanol–water partition coefficient (Wildman–Crippen LogP) is 5.03. The average molecular weight is 376 g/mol. The van der Waals surface area contributed by atoms with Gasteiger partial charge in [0, 0.05) is 42.8 Å². The lowest BCUT2D eigenvalue weighted by Crippen LogP contribution is -2.21. The molecule has 0 radical (unpaired) electrons. The van der Waals surface area contributed by atoms with E-state index in [2.05, 4.69) is 87.9 Å². The maximum atomic E-state index is 4.61. The van der Waals surface area contributed by atoms with Gasteiger partial charge in [0.05, 0.1) is 0 Å². The zero-order valence-corrected chi connectivity index (χ0v) is 16.9. The number of nitrogens with zero attached hydrogens (tertiary/aromatic N) is 3. The summed E-state index contributed by atoms with van der Waals surface area (Å²) in [6.07, 6.45) is 0.938. The zero-order chi connectivity index (χ0) is 19.8.